The molecule has 0 saturated carbocycles. The summed E-state index contributed by atoms with van der Waals surface area (Å²) in [6.07, 6.45) is 0. The highest BCUT2D eigenvalue weighted by Crippen LogP contribution is 2.34. The van der Waals surface area contributed by atoms with E-state index in [1.807, 2.05) is 18.7 Å². The summed E-state index contributed by atoms with van der Waals surface area (Å²) in [5, 5.41) is 5.64. The molecule has 3 rings (SSSR count). The standard InChI is InChI=1S/C28H37ClF2N4O5S/c1-17(2)14-34(16-28(3,4)5)20(13-32-26(38)22-8-9-23(29)41-22)25(37)33-18-6-7-19(21(12-18)40-27(30)31)35-10-11-39-15-24(35)36/h6-9,12,17,20,27H,10-11,13-16H2,1-5H3,(H,32,38)(H,33,37)/t20-/m0/s1. The molecule has 1 atom stereocenters. The Bertz CT molecular complexity index is 1220. The molecule has 41 heavy (non-hydrogen) atoms. The number of rotatable bonds is 12. The number of nitrogens with one attached hydrogen (secondary N) is 2. The molecule has 1 aliphatic heterocycles. The number of morpholine rings is 1. The van der Waals surface area contributed by atoms with Gasteiger partial charge in [-0.15, -0.1) is 11.3 Å². The Morgan fingerprint density at radius 1 is 1.22 bits per heavy atom. The van der Waals surface area contributed by atoms with E-state index in [9.17, 15) is 23.2 Å². The van der Waals surface area contributed by atoms with Crippen LogP contribution in [0.3, 0.4) is 0 Å². The fourth-order valence-corrected chi connectivity index (χ4v) is 5.44. The van der Waals surface area contributed by atoms with Crippen molar-refractivity contribution in [3.05, 3.63) is 39.5 Å². The van der Waals surface area contributed by atoms with Gasteiger partial charge in [-0.25, -0.2) is 0 Å². The van der Waals surface area contributed by atoms with Crippen LogP contribution < -0.4 is 20.3 Å². The van der Waals surface area contributed by atoms with Crippen LogP contribution in [0.2, 0.25) is 4.34 Å². The lowest BCUT2D eigenvalue weighted by Gasteiger charge is -2.36. The number of carbonyl (C=O) groups is 3. The molecule has 0 spiro atoms. The van der Waals surface area contributed by atoms with Gasteiger partial charge in [-0.2, -0.15) is 8.78 Å². The molecule has 2 N–H and O–H groups in total. The largest absolute Gasteiger partial charge is 0.433 e. The highest BCUT2D eigenvalue weighted by atomic mass is 35.5. The molecule has 3 amide bonds. The minimum absolute atomic E-state index is 0.00371. The minimum Gasteiger partial charge on any atom is -0.433 e. The number of hydrogen-bond acceptors (Lipinski definition) is 7. The first-order chi connectivity index (χ1) is 19.2. The molecule has 0 unspecified atom stereocenters. The van der Waals surface area contributed by atoms with E-state index < -0.39 is 18.6 Å². The van der Waals surface area contributed by atoms with Gasteiger partial charge in [0.15, 0.2) is 5.75 Å². The zero-order chi connectivity index (χ0) is 30.3. The van der Waals surface area contributed by atoms with Crippen molar-refractivity contribution < 1.29 is 32.6 Å². The SMILES string of the molecule is CC(C)CN(CC(C)(C)C)[C@@H](CNC(=O)c1ccc(Cl)s1)C(=O)Nc1ccc(N2CCOCC2=O)c(OC(F)F)c1. The fraction of sp³-hybridized carbons (Fsp3) is 0.536. The maximum atomic E-state index is 13.8. The molecule has 0 bridgehead atoms. The zero-order valence-electron chi connectivity index (χ0n) is 23.8. The number of alkyl halides is 2. The molecule has 0 aliphatic carbocycles. The molecule has 1 fully saturated rings. The molecule has 0 radical (unpaired) electrons. The van der Waals surface area contributed by atoms with E-state index >= 15 is 0 Å². The van der Waals surface area contributed by atoms with E-state index in [4.69, 9.17) is 21.1 Å². The van der Waals surface area contributed by atoms with Gasteiger partial charge in [-0.1, -0.05) is 46.2 Å². The van der Waals surface area contributed by atoms with Gasteiger partial charge in [0, 0.05) is 37.9 Å². The summed E-state index contributed by atoms with van der Waals surface area (Å²) in [5.74, 6) is -1.21. The summed E-state index contributed by atoms with van der Waals surface area (Å²) in [6.45, 7) is 8.51. The van der Waals surface area contributed by atoms with E-state index in [0.717, 1.165) is 11.3 Å². The number of carbonyl (C=O) groups excluding carboxylic acids is 3. The number of thiophene rings is 1. The predicted octanol–water partition coefficient (Wildman–Crippen LogP) is 5.11. The van der Waals surface area contributed by atoms with Crippen LogP contribution in [-0.4, -0.2) is 74.7 Å². The second kappa shape index (κ2) is 14.4. The van der Waals surface area contributed by atoms with E-state index in [-0.39, 0.29) is 66.6 Å². The number of anilines is 2. The Kier molecular flexibility index (Phi) is 11.5. The summed E-state index contributed by atoms with van der Waals surface area (Å²) < 4.78 is 36.9. The Hall–Kier alpha value is -2.80. The minimum atomic E-state index is -3.14. The Morgan fingerprint density at radius 3 is 2.54 bits per heavy atom. The molecule has 226 valence electrons. The molecular weight excluding hydrogens is 578 g/mol. The lowest BCUT2D eigenvalue weighted by Crippen LogP contribution is -2.53. The second-order valence-electron chi connectivity index (χ2n) is 11.4. The van der Waals surface area contributed by atoms with Crippen LogP contribution in [-0.2, 0) is 14.3 Å². The lowest BCUT2D eigenvalue weighted by atomic mass is 9.94. The fourth-order valence-electron chi connectivity index (χ4n) is 4.48. The first kappa shape index (κ1) is 32.7. The van der Waals surface area contributed by atoms with Gasteiger partial charge in [-0.05, 0) is 35.6 Å². The lowest BCUT2D eigenvalue weighted by molar-refractivity contribution is -0.126. The molecule has 1 saturated heterocycles. The summed E-state index contributed by atoms with van der Waals surface area (Å²) in [4.78, 5) is 42.6. The first-order valence-electron chi connectivity index (χ1n) is 13.3. The number of hydrogen-bond donors (Lipinski definition) is 2. The Morgan fingerprint density at radius 2 is 1.95 bits per heavy atom. The van der Waals surface area contributed by atoms with Crippen LogP contribution in [0.25, 0.3) is 0 Å². The molecule has 1 aromatic heterocycles. The molecule has 1 aromatic carbocycles. The van der Waals surface area contributed by atoms with Gasteiger partial charge in [0.05, 0.1) is 21.5 Å². The van der Waals surface area contributed by atoms with Crippen LogP contribution in [0.15, 0.2) is 30.3 Å². The maximum absolute atomic E-state index is 13.8. The smallest absolute Gasteiger partial charge is 0.387 e. The van der Waals surface area contributed by atoms with Crippen molar-refractivity contribution in [2.75, 3.05) is 49.6 Å². The Labute approximate surface area is 248 Å². The first-order valence-corrected chi connectivity index (χ1v) is 14.5. The van der Waals surface area contributed by atoms with Gasteiger partial charge in [0.2, 0.25) is 5.91 Å². The van der Waals surface area contributed by atoms with Gasteiger partial charge in [-0.3, -0.25) is 19.3 Å². The number of nitrogens with zero attached hydrogens (tertiary/aromatic N) is 2. The van der Waals surface area contributed by atoms with Gasteiger partial charge < -0.3 is 25.0 Å². The molecular formula is C28H37ClF2N4O5S. The Balaban J connectivity index is 1.89. The van der Waals surface area contributed by atoms with E-state index in [0.29, 0.717) is 22.3 Å². The van der Waals surface area contributed by atoms with Crippen molar-refractivity contribution in [2.24, 2.45) is 11.3 Å². The number of amides is 3. The van der Waals surface area contributed by atoms with Gasteiger partial charge >= 0.3 is 6.61 Å². The van der Waals surface area contributed by atoms with Crippen LogP contribution in [0.4, 0.5) is 20.2 Å². The molecule has 13 heteroatoms. The summed E-state index contributed by atoms with van der Waals surface area (Å²) in [7, 11) is 0. The van der Waals surface area contributed by atoms with Crippen LogP contribution in [0.1, 0.15) is 44.3 Å². The van der Waals surface area contributed by atoms with Crippen LogP contribution in [0, 0.1) is 11.3 Å². The summed E-state index contributed by atoms with van der Waals surface area (Å²) in [5.41, 5.74) is 0.199. The quantitative estimate of drug-likeness (QED) is 0.345. The highest BCUT2D eigenvalue weighted by molar-refractivity contribution is 7.18. The van der Waals surface area contributed by atoms with Crippen molar-refractivity contribution >= 4 is 52.0 Å². The van der Waals surface area contributed by atoms with E-state index in [2.05, 4.69) is 31.4 Å². The third-order valence-corrected chi connectivity index (χ3v) is 7.22. The third-order valence-electron chi connectivity index (χ3n) is 5.99. The van der Waals surface area contributed by atoms with Gasteiger partial charge in [0.25, 0.3) is 11.8 Å². The number of benzene rings is 1. The van der Waals surface area contributed by atoms with Crippen LogP contribution >= 0.6 is 22.9 Å². The molecule has 2 aromatic rings. The monoisotopic (exact) mass is 614 g/mol. The highest BCUT2D eigenvalue weighted by Gasteiger charge is 2.31. The summed E-state index contributed by atoms with van der Waals surface area (Å²) >= 11 is 7.12. The normalized spacial score (nSPS) is 15.0. The topological polar surface area (TPSA) is 100 Å². The average Bonchev–Trinajstić information content (AvgIpc) is 3.29. The zero-order valence-corrected chi connectivity index (χ0v) is 25.4. The van der Waals surface area contributed by atoms with E-state index in [1.54, 1.807) is 12.1 Å². The van der Waals surface area contributed by atoms with Crippen molar-refractivity contribution in [2.45, 2.75) is 47.3 Å². The van der Waals surface area contributed by atoms with Crippen LogP contribution in [0.5, 0.6) is 5.75 Å². The van der Waals surface area contributed by atoms with Crippen molar-refractivity contribution in [1.82, 2.24) is 10.2 Å². The van der Waals surface area contributed by atoms with Gasteiger partial charge in [0.1, 0.15) is 12.6 Å². The average molecular weight is 615 g/mol. The third kappa shape index (κ3) is 9.91. The molecule has 9 nitrogen and oxygen atoms in total. The van der Waals surface area contributed by atoms with E-state index in [1.165, 1.54) is 23.1 Å². The summed E-state index contributed by atoms with van der Waals surface area (Å²) in [6, 6.07) is 6.70. The number of ether oxygens (including phenoxy) is 2. The number of halogens is 3. The second-order valence-corrected chi connectivity index (χ2v) is 13.1. The van der Waals surface area contributed by atoms with Crippen molar-refractivity contribution in [3.63, 3.8) is 0 Å². The van der Waals surface area contributed by atoms with Crippen molar-refractivity contribution in [1.29, 1.82) is 0 Å². The molecule has 2 heterocycles. The maximum Gasteiger partial charge on any atom is 0.387 e. The predicted molar refractivity (Wildman–Crippen MR) is 156 cm³/mol. The van der Waals surface area contributed by atoms with Crippen molar-refractivity contribution in [3.8, 4) is 5.75 Å². The molecule has 1 aliphatic rings.